The van der Waals surface area contributed by atoms with E-state index in [9.17, 15) is 4.79 Å². The second-order valence-electron chi connectivity index (χ2n) is 3.49. The summed E-state index contributed by atoms with van der Waals surface area (Å²) in [5, 5.41) is 9.96. The quantitative estimate of drug-likeness (QED) is 0.624. The highest BCUT2D eigenvalue weighted by Crippen LogP contribution is 2.29. The molecule has 0 bridgehead atoms. The zero-order valence-corrected chi connectivity index (χ0v) is 10.5. The normalized spacial score (nSPS) is 10.0. The van der Waals surface area contributed by atoms with Crippen molar-refractivity contribution in [3.8, 4) is 6.07 Å². The lowest BCUT2D eigenvalue weighted by Gasteiger charge is -2.06. The summed E-state index contributed by atoms with van der Waals surface area (Å²) in [6.07, 6.45) is 1.53. The molecule has 0 aliphatic carbocycles. The summed E-state index contributed by atoms with van der Waals surface area (Å²) >= 11 is 1.30. The van der Waals surface area contributed by atoms with Crippen LogP contribution < -0.4 is 0 Å². The van der Waals surface area contributed by atoms with Gasteiger partial charge in [0.05, 0.1) is 23.9 Å². The minimum atomic E-state index is -0.315. The van der Waals surface area contributed by atoms with Gasteiger partial charge in [-0.25, -0.2) is 0 Å². The van der Waals surface area contributed by atoms with Crippen molar-refractivity contribution in [1.29, 1.82) is 5.26 Å². The molecule has 0 unspecified atom stereocenters. The van der Waals surface area contributed by atoms with Crippen LogP contribution in [0, 0.1) is 11.3 Å². The molecule has 0 saturated carbocycles. The number of nitriles is 1. The van der Waals surface area contributed by atoms with E-state index in [0.29, 0.717) is 5.56 Å². The average molecular weight is 258 g/mol. The maximum absolute atomic E-state index is 11.2. The zero-order chi connectivity index (χ0) is 13.0. The molecule has 0 aliphatic rings. The van der Waals surface area contributed by atoms with Crippen LogP contribution in [-0.4, -0.2) is 23.8 Å². The van der Waals surface area contributed by atoms with E-state index in [1.807, 2.05) is 24.3 Å². The average Bonchev–Trinajstić information content (AvgIpc) is 2.44. The summed E-state index contributed by atoms with van der Waals surface area (Å²) in [5.41, 5.74) is 1.28. The van der Waals surface area contributed by atoms with Crippen molar-refractivity contribution in [3.05, 3.63) is 36.0 Å². The summed E-state index contributed by atoms with van der Waals surface area (Å²) in [5.74, 6) is -0.135. The molecule has 1 aromatic heterocycles. The van der Waals surface area contributed by atoms with Gasteiger partial charge in [-0.1, -0.05) is 18.2 Å². The number of methoxy groups -OCH3 is 1. The first-order valence-corrected chi connectivity index (χ1v) is 6.22. The Bertz CT molecular complexity index is 634. The standard InChI is InChI=1S/C13H10N2O2S/c1-17-12(16)8-18-13-9(6-14)7-15-11-5-3-2-4-10(11)13/h2-5,7H,8H2,1H3. The van der Waals surface area contributed by atoms with Crippen LogP contribution in [0.3, 0.4) is 0 Å². The van der Waals surface area contributed by atoms with Gasteiger partial charge >= 0.3 is 5.97 Å². The lowest BCUT2D eigenvalue weighted by Crippen LogP contribution is -2.03. The fraction of sp³-hybridized carbons (Fsp3) is 0.154. The van der Waals surface area contributed by atoms with Gasteiger partial charge in [0, 0.05) is 16.5 Å². The first kappa shape index (κ1) is 12.4. The van der Waals surface area contributed by atoms with Crippen LogP contribution in [0.1, 0.15) is 5.56 Å². The second-order valence-corrected chi connectivity index (χ2v) is 4.48. The van der Waals surface area contributed by atoms with Gasteiger partial charge in [0.1, 0.15) is 6.07 Å². The number of carbonyl (C=O) groups is 1. The third kappa shape index (κ3) is 2.44. The molecular weight excluding hydrogens is 248 g/mol. The zero-order valence-electron chi connectivity index (χ0n) is 9.71. The Kier molecular flexibility index (Phi) is 3.80. The largest absolute Gasteiger partial charge is 0.468 e. The third-order valence-electron chi connectivity index (χ3n) is 2.41. The topological polar surface area (TPSA) is 63.0 Å². The number of ether oxygens (including phenoxy) is 1. The molecular formula is C13H10N2O2S. The molecule has 2 aromatic rings. The number of pyridine rings is 1. The van der Waals surface area contributed by atoms with E-state index >= 15 is 0 Å². The maximum Gasteiger partial charge on any atom is 0.315 e. The van der Waals surface area contributed by atoms with Crippen molar-refractivity contribution in [2.24, 2.45) is 0 Å². The number of esters is 1. The van der Waals surface area contributed by atoms with Gasteiger partial charge in [-0.3, -0.25) is 9.78 Å². The fourth-order valence-corrected chi connectivity index (χ4v) is 2.50. The van der Waals surface area contributed by atoms with Crippen molar-refractivity contribution in [2.45, 2.75) is 4.90 Å². The van der Waals surface area contributed by atoms with Gasteiger partial charge in [0.25, 0.3) is 0 Å². The van der Waals surface area contributed by atoms with Crippen molar-refractivity contribution in [1.82, 2.24) is 4.98 Å². The predicted octanol–water partition coefficient (Wildman–Crippen LogP) is 2.37. The Balaban J connectivity index is 2.45. The highest BCUT2D eigenvalue weighted by molar-refractivity contribution is 8.00. The molecule has 18 heavy (non-hydrogen) atoms. The number of aromatic nitrogens is 1. The molecule has 2 rings (SSSR count). The van der Waals surface area contributed by atoms with Crippen molar-refractivity contribution < 1.29 is 9.53 Å². The van der Waals surface area contributed by atoms with Gasteiger partial charge < -0.3 is 4.74 Å². The minimum Gasteiger partial charge on any atom is -0.468 e. The fourth-order valence-electron chi connectivity index (χ4n) is 1.54. The van der Waals surface area contributed by atoms with Crippen LogP contribution in [0.4, 0.5) is 0 Å². The van der Waals surface area contributed by atoms with E-state index < -0.39 is 0 Å². The number of rotatable bonds is 3. The first-order valence-electron chi connectivity index (χ1n) is 5.23. The summed E-state index contributed by atoms with van der Waals surface area (Å²) in [7, 11) is 1.35. The molecule has 0 atom stereocenters. The molecule has 0 aliphatic heterocycles. The van der Waals surface area contributed by atoms with Crippen LogP contribution >= 0.6 is 11.8 Å². The molecule has 1 aromatic carbocycles. The lowest BCUT2D eigenvalue weighted by atomic mass is 10.2. The van der Waals surface area contributed by atoms with Gasteiger partial charge in [0.2, 0.25) is 0 Å². The molecule has 0 fully saturated rings. The molecule has 0 radical (unpaired) electrons. The van der Waals surface area contributed by atoms with Crippen molar-refractivity contribution in [3.63, 3.8) is 0 Å². The number of para-hydroxylation sites is 1. The van der Waals surface area contributed by atoms with Crippen LogP contribution in [0.25, 0.3) is 10.9 Å². The molecule has 4 nitrogen and oxygen atoms in total. The molecule has 90 valence electrons. The summed E-state index contributed by atoms with van der Waals surface area (Å²) in [6.45, 7) is 0. The Morgan fingerprint density at radius 1 is 1.50 bits per heavy atom. The Morgan fingerprint density at radius 3 is 3.00 bits per heavy atom. The highest BCUT2D eigenvalue weighted by atomic mass is 32.2. The number of nitrogens with zero attached hydrogens (tertiary/aromatic N) is 2. The van der Waals surface area contributed by atoms with Gasteiger partial charge in [-0.05, 0) is 6.07 Å². The number of benzene rings is 1. The third-order valence-corrected chi connectivity index (χ3v) is 3.52. The number of fused-ring (bicyclic) bond motifs is 1. The monoisotopic (exact) mass is 258 g/mol. The minimum absolute atomic E-state index is 0.180. The molecule has 1 heterocycles. The van der Waals surface area contributed by atoms with E-state index in [2.05, 4.69) is 15.8 Å². The molecule has 0 saturated heterocycles. The van der Waals surface area contributed by atoms with Crippen molar-refractivity contribution in [2.75, 3.05) is 12.9 Å². The molecule has 5 heteroatoms. The van der Waals surface area contributed by atoms with Crippen molar-refractivity contribution >= 4 is 28.6 Å². The SMILES string of the molecule is COC(=O)CSc1c(C#N)cnc2ccccc12. The smallest absolute Gasteiger partial charge is 0.315 e. The summed E-state index contributed by atoms with van der Waals surface area (Å²) < 4.78 is 4.60. The van der Waals surface area contributed by atoms with E-state index in [1.165, 1.54) is 25.1 Å². The number of thioether (sulfide) groups is 1. The number of hydrogen-bond acceptors (Lipinski definition) is 5. The van der Waals surface area contributed by atoms with E-state index in [1.54, 1.807) is 0 Å². The van der Waals surface area contributed by atoms with Gasteiger partial charge in [-0.15, -0.1) is 11.8 Å². The van der Waals surface area contributed by atoms with E-state index in [0.717, 1.165) is 15.8 Å². The molecule has 0 spiro atoms. The highest BCUT2D eigenvalue weighted by Gasteiger charge is 2.11. The summed E-state index contributed by atoms with van der Waals surface area (Å²) in [4.78, 5) is 16.2. The first-order chi connectivity index (χ1) is 8.76. The van der Waals surface area contributed by atoms with Gasteiger partial charge in [0.15, 0.2) is 0 Å². The van der Waals surface area contributed by atoms with Crippen LogP contribution in [0.2, 0.25) is 0 Å². The maximum atomic E-state index is 11.2. The number of carbonyl (C=O) groups excluding carboxylic acids is 1. The molecule has 0 N–H and O–H groups in total. The summed E-state index contributed by atoms with van der Waals surface area (Å²) in [6, 6.07) is 9.63. The molecule has 0 amide bonds. The van der Waals surface area contributed by atoms with E-state index in [4.69, 9.17) is 5.26 Å². The van der Waals surface area contributed by atoms with Crippen LogP contribution in [0.5, 0.6) is 0 Å². The number of hydrogen-bond donors (Lipinski definition) is 0. The Labute approximate surface area is 109 Å². The van der Waals surface area contributed by atoms with Gasteiger partial charge in [-0.2, -0.15) is 5.26 Å². The Morgan fingerprint density at radius 2 is 2.28 bits per heavy atom. The van der Waals surface area contributed by atoms with E-state index in [-0.39, 0.29) is 11.7 Å². The lowest BCUT2D eigenvalue weighted by molar-refractivity contribution is -0.137. The van der Waals surface area contributed by atoms with Crippen LogP contribution in [-0.2, 0) is 9.53 Å². The predicted molar refractivity (Wildman–Crippen MR) is 69.2 cm³/mol. The second kappa shape index (κ2) is 5.52. The van der Waals surface area contributed by atoms with Crippen LogP contribution in [0.15, 0.2) is 35.4 Å². The Hall–Kier alpha value is -2.06.